The van der Waals surface area contributed by atoms with Crippen molar-refractivity contribution in [1.29, 1.82) is 0 Å². The van der Waals surface area contributed by atoms with Gasteiger partial charge in [-0.2, -0.15) is 0 Å². The molecule has 0 N–H and O–H groups in total. The first-order valence-corrected chi connectivity index (χ1v) is 7.72. The number of rotatable bonds is 3. The Morgan fingerprint density at radius 2 is 1.78 bits per heavy atom. The molecule has 1 aliphatic carbocycles. The van der Waals surface area contributed by atoms with E-state index in [0.717, 1.165) is 41.3 Å². The number of aromatic nitrogens is 1. The van der Waals surface area contributed by atoms with Gasteiger partial charge in [0.25, 0.3) is 0 Å². The van der Waals surface area contributed by atoms with Crippen LogP contribution >= 0.6 is 0 Å². The Hall–Kier alpha value is -2.07. The molecule has 3 rings (SSSR count). The van der Waals surface area contributed by atoms with E-state index < -0.39 is 0 Å². The first-order valence-electron chi connectivity index (χ1n) is 7.72. The summed E-state index contributed by atoms with van der Waals surface area (Å²) in [5.74, 6) is 0.827. The van der Waals surface area contributed by atoms with Gasteiger partial charge in [0.05, 0.1) is 6.07 Å². The molecule has 122 valence electrons. The third kappa shape index (κ3) is 3.32. The molecule has 0 atom stereocenters. The number of hydrogen-bond donors (Lipinski definition) is 0. The van der Waals surface area contributed by atoms with Gasteiger partial charge in [0, 0.05) is 31.9 Å². The third-order valence-corrected chi connectivity index (χ3v) is 3.99. The minimum Gasteiger partial charge on any atom is -1.00 e. The van der Waals surface area contributed by atoms with Crippen molar-refractivity contribution in [2.75, 3.05) is 32.1 Å². The molecule has 0 amide bonds. The van der Waals surface area contributed by atoms with Crippen LogP contribution < -0.4 is 27.2 Å². The van der Waals surface area contributed by atoms with Crippen LogP contribution in [0.15, 0.2) is 40.8 Å². The molecule has 0 radical (unpaired) electrons. The monoisotopic (exact) mass is 331 g/mol. The van der Waals surface area contributed by atoms with Gasteiger partial charge in [0.1, 0.15) is 24.3 Å². The predicted octanol–water partition coefficient (Wildman–Crippen LogP) is -0.185. The van der Waals surface area contributed by atoms with E-state index in [4.69, 9.17) is 9.40 Å². The molecular weight excluding hydrogens is 310 g/mol. The average Bonchev–Trinajstić information content (AvgIpc) is 2.53. The molecule has 0 fully saturated rings. The smallest absolute Gasteiger partial charge is 0.203 e. The summed E-state index contributed by atoms with van der Waals surface area (Å²) in [6, 6.07) is 12.3. The van der Waals surface area contributed by atoms with Crippen molar-refractivity contribution in [3.63, 3.8) is 0 Å². The molecule has 23 heavy (non-hydrogen) atoms. The summed E-state index contributed by atoms with van der Waals surface area (Å²) in [5, 5.41) is 1.17. The van der Waals surface area contributed by atoms with Gasteiger partial charge in [-0.05, 0) is 32.0 Å². The topological polar surface area (TPSA) is 32.3 Å². The van der Waals surface area contributed by atoms with Crippen molar-refractivity contribution in [3.8, 4) is 11.5 Å². The minimum atomic E-state index is 0. The third-order valence-electron chi connectivity index (χ3n) is 3.99. The second-order valence-corrected chi connectivity index (χ2v) is 5.58. The molecular formula is C18H22ClN3O. The number of benzene rings is 2. The Labute approximate surface area is 142 Å². The molecule has 0 aromatic heterocycles. The number of halogens is 1. The van der Waals surface area contributed by atoms with E-state index in [1.54, 1.807) is 0 Å². The highest BCUT2D eigenvalue weighted by molar-refractivity contribution is 5.79. The fraction of sp³-hybridized carbons (Fsp3) is 0.333. The molecule has 1 heterocycles. The van der Waals surface area contributed by atoms with Gasteiger partial charge in [0.15, 0.2) is 11.3 Å². The molecule has 5 heteroatoms. The molecule has 4 nitrogen and oxygen atoms in total. The lowest BCUT2D eigenvalue weighted by atomic mass is 10.2. The van der Waals surface area contributed by atoms with Crippen molar-refractivity contribution < 1.29 is 16.8 Å². The average molecular weight is 332 g/mol. The first kappa shape index (κ1) is 17.3. The van der Waals surface area contributed by atoms with Crippen LogP contribution in [0.1, 0.15) is 13.8 Å². The van der Waals surface area contributed by atoms with Gasteiger partial charge >= 0.3 is 0 Å². The largest absolute Gasteiger partial charge is 1.00 e. The first-order chi connectivity index (χ1) is 10.6. The van der Waals surface area contributed by atoms with Gasteiger partial charge < -0.3 is 21.7 Å². The Morgan fingerprint density at radius 1 is 1.04 bits per heavy atom. The van der Waals surface area contributed by atoms with Crippen LogP contribution in [0.3, 0.4) is 0 Å². The summed E-state index contributed by atoms with van der Waals surface area (Å²) in [7, 11) is 4.04. The van der Waals surface area contributed by atoms with Crippen molar-refractivity contribution in [2.24, 2.45) is 0 Å². The Kier molecular flexibility index (Phi) is 5.26. The van der Waals surface area contributed by atoms with Crippen LogP contribution in [0.2, 0.25) is 0 Å². The van der Waals surface area contributed by atoms with Crippen molar-refractivity contribution in [2.45, 2.75) is 13.8 Å². The van der Waals surface area contributed by atoms with E-state index in [2.05, 4.69) is 41.5 Å². The SMILES string of the molecule is CC[N+](CC)=c1ccc2nc3ccc(N(C)C)cc3oc-2c1.[Cl-]. The highest BCUT2D eigenvalue weighted by atomic mass is 35.5. The highest BCUT2D eigenvalue weighted by Gasteiger charge is 2.12. The van der Waals surface area contributed by atoms with Crippen LogP contribution in [-0.4, -0.2) is 32.2 Å². The Balaban J connectivity index is 0.00000192. The lowest BCUT2D eigenvalue weighted by Crippen LogP contribution is -3.00. The number of hydrogen-bond acceptors (Lipinski definition) is 3. The Bertz CT molecular complexity index is 848. The summed E-state index contributed by atoms with van der Waals surface area (Å²) in [6.45, 7) is 6.28. The standard InChI is InChI=1S/C18H22N3O.ClH/c1-5-21(6-2)14-8-10-16-18(12-14)22-17-11-13(20(3)4)7-9-15(17)19-16;/h7-12H,5-6H2,1-4H3;1H/q+1;/p-1. The van der Waals surface area contributed by atoms with Crippen LogP contribution in [0, 0.1) is 0 Å². The number of nitrogens with zero attached hydrogens (tertiary/aromatic N) is 3. The van der Waals surface area contributed by atoms with Gasteiger partial charge in [-0.3, -0.25) is 0 Å². The van der Waals surface area contributed by atoms with Crippen LogP contribution in [0.4, 0.5) is 5.69 Å². The molecule has 2 aliphatic rings. The second kappa shape index (κ2) is 7.01. The van der Waals surface area contributed by atoms with E-state index >= 15 is 0 Å². The lowest BCUT2D eigenvalue weighted by Gasteiger charge is -2.13. The Morgan fingerprint density at radius 3 is 2.43 bits per heavy atom. The lowest BCUT2D eigenvalue weighted by molar-refractivity contribution is -0.00000518. The van der Waals surface area contributed by atoms with Gasteiger partial charge in [-0.15, -0.1) is 0 Å². The zero-order valence-electron chi connectivity index (χ0n) is 14.0. The normalized spacial score (nSPS) is 10.6. The maximum atomic E-state index is 6.10. The van der Waals surface area contributed by atoms with Crippen LogP contribution in [0.5, 0.6) is 0 Å². The van der Waals surface area contributed by atoms with Gasteiger partial charge in [-0.25, -0.2) is 9.56 Å². The van der Waals surface area contributed by atoms with E-state index in [0.29, 0.717) is 0 Å². The quantitative estimate of drug-likeness (QED) is 0.493. The molecule has 0 saturated heterocycles. The maximum absolute atomic E-state index is 6.10. The predicted molar refractivity (Wildman–Crippen MR) is 91.3 cm³/mol. The summed E-state index contributed by atoms with van der Waals surface area (Å²) < 4.78 is 8.40. The summed E-state index contributed by atoms with van der Waals surface area (Å²) in [5.41, 5.74) is 3.70. The fourth-order valence-corrected chi connectivity index (χ4v) is 2.67. The molecule has 1 aliphatic heterocycles. The molecule has 0 unspecified atom stereocenters. The molecule has 1 aromatic rings. The van der Waals surface area contributed by atoms with Crippen molar-refractivity contribution in [3.05, 3.63) is 41.8 Å². The number of fused-ring (bicyclic) bond motifs is 2. The van der Waals surface area contributed by atoms with E-state index in [1.165, 1.54) is 5.36 Å². The van der Waals surface area contributed by atoms with Crippen LogP contribution in [-0.2, 0) is 0 Å². The number of anilines is 1. The molecule has 1 aromatic carbocycles. The van der Waals surface area contributed by atoms with Gasteiger partial charge in [-0.1, -0.05) is 0 Å². The minimum absolute atomic E-state index is 0. The molecule has 0 bridgehead atoms. The fourth-order valence-electron chi connectivity index (χ4n) is 2.67. The molecule has 0 spiro atoms. The summed E-state index contributed by atoms with van der Waals surface area (Å²) >= 11 is 0. The van der Waals surface area contributed by atoms with E-state index in [1.807, 2.05) is 32.3 Å². The van der Waals surface area contributed by atoms with Crippen molar-refractivity contribution in [1.82, 2.24) is 9.56 Å². The van der Waals surface area contributed by atoms with Crippen molar-refractivity contribution >= 4 is 16.8 Å². The summed E-state index contributed by atoms with van der Waals surface area (Å²) in [6.07, 6.45) is 0. The summed E-state index contributed by atoms with van der Waals surface area (Å²) in [4.78, 5) is 6.76. The van der Waals surface area contributed by atoms with E-state index in [-0.39, 0.29) is 12.4 Å². The highest BCUT2D eigenvalue weighted by Crippen LogP contribution is 2.26. The zero-order valence-corrected chi connectivity index (χ0v) is 14.8. The van der Waals surface area contributed by atoms with E-state index in [9.17, 15) is 0 Å². The molecule has 0 saturated carbocycles. The van der Waals surface area contributed by atoms with Gasteiger partial charge in [0.2, 0.25) is 5.36 Å². The maximum Gasteiger partial charge on any atom is 0.203 e. The second-order valence-electron chi connectivity index (χ2n) is 5.58. The van der Waals surface area contributed by atoms with Crippen LogP contribution in [0.25, 0.3) is 22.6 Å². The zero-order chi connectivity index (χ0) is 15.7.